The first kappa shape index (κ1) is 14.8. The Bertz CT molecular complexity index is 204. The standard InChI is InChI=1S/C12H24ClNO/c1-6-9(2)7-10(3)14-11(15)12(4,5)8-13/h9-10H,6-8H2,1-5H3,(H,14,15). The zero-order valence-corrected chi connectivity index (χ0v) is 11.3. The van der Waals surface area contributed by atoms with Crippen LogP contribution in [0.4, 0.5) is 0 Å². The van der Waals surface area contributed by atoms with E-state index in [0.29, 0.717) is 11.8 Å². The van der Waals surface area contributed by atoms with E-state index in [2.05, 4.69) is 19.2 Å². The van der Waals surface area contributed by atoms with Crippen molar-refractivity contribution in [1.82, 2.24) is 5.32 Å². The van der Waals surface area contributed by atoms with Crippen LogP contribution in [0.1, 0.15) is 47.5 Å². The van der Waals surface area contributed by atoms with E-state index in [0.717, 1.165) is 12.8 Å². The Hall–Kier alpha value is -0.240. The predicted octanol–water partition coefficient (Wildman–Crippen LogP) is 3.19. The van der Waals surface area contributed by atoms with Crippen molar-refractivity contribution in [1.29, 1.82) is 0 Å². The Morgan fingerprint density at radius 1 is 1.40 bits per heavy atom. The van der Waals surface area contributed by atoms with Gasteiger partial charge in [0.15, 0.2) is 0 Å². The van der Waals surface area contributed by atoms with Gasteiger partial charge in [0.2, 0.25) is 5.91 Å². The first-order valence-corrected chi connectivity index (χ1v) is 6.23. The molecule has 0 aromatic heterocycles. The molecule has 0 fully saturated rings. The van der Waals surface area contributed by atoms with Gasteiger partial charge in [-0.25, -0.2) is 0 Å². The smallest absolute Gasteiger partial charge is 0.227 e. The molecule has 0 aromatic carbocycles. The van der Waals surface area contributed by atoms with Gasteiger partial charge in [-0.1, -0.05) is 20.3 Å². The van der Waals surface area contributed by atoms with Gasteiger partial charge in [0.1, 0.15) is 0 Å². The number of halogens is 1. The van der Waals surface area contributed by atoms with Crippen molar-refractivity contribution in [3.05, 3.63) is 0 Å². The van der Waals surface area contributed by atoms with E-state index < -0.39 is 5.41 Å². The van der Waals surface area contributed by atoms with Crippen LogP contribution in [0.3, 0.4) is 0 Å². The number of nitrogens with one attached hydrogen (secondary N) is 1. The van der Waals surface area contributed by atoms with Crippen LogP contribution in [0.15, 0.2) is 0 Å². The van der Waals surface area contributed by atoms with Crippen LogP contribution in [0.2, 0.25) is 0 Å². The highest BCUT2D eigenvalue weighted by Gasteiger charge is 2.27. The number of amides is 1. The Morgan fingerprint density at radius 3 is 2.33 bits per heavy atom. The molecule has 0 spiro atoms. The third kappa shape index (κ3) is 5.41. The molecule has 0 bridgehead atoms. The minimum Gasteiger partial charge on any atom is -0.353 e. The van der Waals surface area contributed by atoms with Gasteiger partial charge in [-0.15, -0.1) is 11.6 Å². The molecule has 1 N–H and O–H groups in total. The fraction of sp³-hybridized carbons (Fsp3) is 0.917. The summed E-state index contributed by atoms with van der Waals surface area (Å²) in [6.45, 7) is 10.2. The highest BCUT2D eigenvalue weighted by molar-refractivity contribution is 6.19. The molecule has 0 rings (SSSR count). The van der Waals surface area contributed by atoms with E-state index in [1.54, 1.807) is 0 Å². The van der Waals surface area contributed by atoms with Crippen LogP contribution in [0.5, 0.6) is 0 Å². The minimum absolute atomic E-state index is 0.0494. The third-order valence-corrected chi connectivity index (χ3v) is 3.45. The van der Waals surface area contributed by atoms with Crippen molar-refractivity contribution in [3.63, 3.8) is 0 Å². The number of hydrogen-bond acceptors (Lipinski definition) is 1. The highest BCUT2D eigenvalue weighted by atomic mass is 35.5. The predicted molar refractivity (Wildman–Crippen MR) is 66.2 cm³/mol. The van der Waals surface area contributed by atoms with Gasteiger partial charge < -0.3 is 5.32 Å². The Kier molecular flexibility index (Phi) is 6.26. The van der Waals surface area contributed by atoms with Crippen molar-refractivity contribution in [3.8, 4) is 0 Å². The Balaban J connectivity index is 4.07. The van der Waals surface area contributed by atoms with Gasteiger partial charge in [0.25, 0.3) is 0 Å². The van der Waals surface area contributed by atoms with E-state index in [-0.39, 0.29) is 11.9 Å². The van der Waals surface area contributed by atoms with Gasteiger partial charge in [-0.2, -0.15) is 0 Å². The fourth-order valence-electron chi connectivity index (χ4n) is 1.31. The molecule has 2 nitrogen and oxygen atoms in total. The maximum atomic E-state index is 11.8. The molecule has 0 aliphatic heterocycles. The Morgan fingerprint density at radius 2 is 1.93 bits per heavy atom. The van der Waals surface area contributed by atoms with E-state index in [1.807, 2.05) is 20.8 Å². The van der Waals surface area contributed by atoms with Gasteiger partial charge in [-0.3, -0.25) is 4.79 Å². The van der Waals surface area contributed by atoms with Crippen LogP contribution >= 0.6 is 11.6 Å². The van der Waals surface area contributed by atoms with Crippen LogP contribution in [0.25, 0.3) is 0 Å². The number of hydrogen-bond donors (Lipinski definition) is 1. The summed E-state index contributed by atoms with van der Waals surface area (Å²) in [6, 6.07) is 0.231. The second kappa shape index (κ2) is 6.37. The molecule has 0 radical (unpaired) electrons. The number of rotatable bonds is 6. The molecule has 0 aliphatic carbocycles. The van der Waals surface area contributed by atoms with Crippen LogP contribution in [-0.4, -0.2) is 17.8 Å². The number of alkyl halides is 1. The van der Waals surface area contributed by atoms with Crippen molar-refractivity contribution < 1.29 is 4.79 Å². The lowest BCUT2D eigenvalue weighted by Crippen LogP contribution is -2.43. The molecule has 3 heteroatoms. The molecule has 0 saturated heterocycles. The van der Waals surface area contributed by atoms with Crippen molar-refractivity contribution in [2.75, 3.05) is 5.88 Å². The molecule has 1 amide bonds. The highest BCUT2D eigenvalue weighted by Crippen LogP contribution is 2.18. The van der Waals surface area contributed by atoms with Gasteiger partial charge in [0, 0.05) is 11.9 Å². The van der Waals surface area contributed by atoms with Crippen molar-refractivity contribution in [2.24, 2.45) is 11.3 Å². The maximum Gasteiger partial charge on any atom is 0.227 e. The summed E-state index contributed by atoms with van der Waals surface area (Å²) in [4.78, 5) is 11.8. The van der Waals surface area contributed by atoms with Crippen LogP contribution in [0, 0.1) is 11.3 Å². The summed E-state index contributed by atoms with van der Waals surface area (Å²) in [5.41, 5.74) is -0.467. The summed E-state index contributed by atoms with van der Waals surface area (Å²) >= 11 is 5.74. The van der Waals surface area contributed by atoms with Crippen LogP contribution in [-0.2, 0) is 4.79 Å². The average Bonchev–Trinajstić information content (AvgIpc) is 2.17. The van der Waals surface area contributed by atoms with Gasteiger partial charge >= 0.3 is 0 Å². The zero-order chi connectivity index (χ0) is 12.1. The minimum atomic E-state index is -0.467. The normalized spacial score (nSPS) is 15.9. The third-order valence-electron chi connectivity index (χ3n) is 2.78. The lowest BCUT2D eigenvalue weighted by atomic mass is 9.93. The van der Waals surface area contributed by atoms with Gasteiger partial charge in [0.05, 0.1) is 5.41 Å². The lowest BCUT2D eigenvalue weighted by molar-refractivity contribution is -0.129. The first-order valence-electron chi connectivity index (χ1n) is 5.70. The molecule has 0 aliphatic rings. The largest absolute Gasteiger partial charge is 0.353 e. The number of carbonyl (C=O) groups excluding carboxylic acids is 1. The zero-order valence-electron chi connectivity index (χ0n) is 10.6. The molecule has 2 unspecified atom stereocenters. The fourth-order valence-corrected chi connectivity index (χ4v) is 1.43. The summed E-state index contributed by atoms with van der Waals surface area (Å²) in [5.74, 6) is 1.06. The monoisotopic (exact) mass is 233 g/mol. The average molecular weight is 234 g/mol. The second-order valence-electron chi connectivity index (χ2n) is 5.14. The SMILES string of the molecule is CCC(C)CC(C)NC(=O)C(C)(C)CCl. The molecule has 0 heterocycles. The summed E-state index contributed by atoms with van der Waals surface area (Å²) < 4.78 is 0. The molecule has 0 aromatic rings. The second-order valence-corrected chi connectivity index (χ2v) is 5.41. The van der Waals surface area contributed by atoms with E-state index in [4.69, 9.17) is 11.6 Å². The molecular formula is C12H24ClNO. The van der Waals surface area contributed by atoms with Crippen molar-refractivity contribution in [2.45, 2.75) is 53.5 Å². The van der Waals surface area contributed by atoms with Crippen molar-refractivity contribution >= 4 is 17.5 Å². The lowest BCUT2D eigenvalue weighted by Gasteiger charge is -2.25. The van der Waals surface area contributed by atoms with Gasteiger partial charge in [-0.05, 0) is 33.1 Å². The van der Waals surface area contributed by atoms with Crippen LogP contribution < -0.4 is 5.32 Å². The number of carbonyl (C=O) groups is 1. The summed E-state index contributed by atoms with van der Waals surface area (Å²) in [5, 5.41) is 3.01. The molecule has 90 valence electrons. The molecule has 15 heavy (non-hydrogen) atoms. The van der Waals surface area contributed by atoms with E-state index in [9.17, 15) is 4.79 Å². The maximum absolute atomic E-state index is 11.8. The molecule has 2 atom stereocenters. The molecule has 0 saturated carbocycles. The Labute approximate surface area is 98.8 Å². The topological polar surface area (TPSA) is 29.1 Å². The first-order chi connectivity index (χ1) is 6.83. The summed E-state index contributed by atoms with van der Waals surface area (Å²) in [7, 11) is 0. The quantitative estimate of drug-likeness (QED) is 0.702. The molecular weight excluding hydrogens is 210 g/mol. The van der Waals surface area contributed by atoms with E-state index >= 15 is 0 Å². The summed E-state index contributed by atoms with van der Waals surface area (Å²) in [6.07, 6.45) is 2.18. The van der Waals surface area contributed by atoms with E-state index in [1.165, 1.54) is 0 Å².